The maximum atomic E-state index is 9.21. The lowest BCUT2D eigenvalue weighted by Gasteiger charge is -2.23. The summed E-state index contributed by atoms with van der Waals surface area (Å²) in [5.41, 5.74) is 0.792. The van der Waals surface area contributed by atoms with Crippen LogP contribution < -0.4 is 10.1 Å². The van der Waals surface area contributed by atoms with E-state index in [2.05, 4.69) is 25.2 Å². The second kappa shape index (κ2) is 7.81. The van der Waals surface area contributed by atoms with Crippen LogP contribution in [0, 0.1) is 18.3 Å². The number of nitriles is 1. The molecular weight excluding hydrogens is 236 g/mol. The highest BCUT2D eigenvalue weighted by Crippen LogP contribution is 2.14. The topological polar surface area (TPSA) is 45.0 Å². The van der Waals surface area contributed by atoms with Crippen molar-refractivity contribution < 1.29 is 4.74 Å². The zero-order valence-electron chi connectivity index (χ0n) is 12.2. The normalized spacial score (nSPS) is 13.6. The Hall–Kier alpha value is -1.53. The van der Waals surface area contributed by atoms with Gasteiger partial charge in [-0.25, -0.2) is 0 Å². The van der Waals surface area contributed by atoms with Crippen LogP contribution in [0.3, 0.4) is 0 Å². The average molecular weight is 260 g/mol. The summed E-state index contributed by atoms with van der Waals surface area (Å²) in [5, 5.41) is 12.5. The lowest BCUT2D eigenvalue weighted by Crippen LogP contribution is -2.41. The van der Waals surface area contributed by atoms with Crippen molar-refractivity contribution in [2.75, 3.05) is 13.2 Å². The molecule has 1 atom stereocenters. The van der Waals surface area contributed by atoms with E-state index in [-0.39, 0.29) is 0 Å². The van der Waals surface area contributed by atoms with Crippen molar-refractivity contribution in [2.24, 2.45) is 0 Å². The number of benzene rings is 1. The van der Waals surface area contributed by atoms with E-state index >= 15 is 0 Å². The number of nitrogens with one attached hydrogen (secondary N) is 1. The van der Waals surface area contributed by atoms with E-state index in [9.17, 15) is 5.26 Å². The Kier molecular flexibility index (Phi) is 6.38. The van der Waals surface area contributed by atoms with E-state index in [1.54, 1.807) is 0 Å². The third-order valence-electron chi connectivity index (χ3n) is 3.12. The van der Waals surface area contributed by atoms with Crippen LogP contribution in [0.5, 0.6) is 5.75 Å². The van der Waals surface area contributed by atoms with Crippen molar-refractivity contribution in [2.45, 2.75) is 45.6 Å². The Morgan fingerprint density at radius 1 is 1.32 bits per heavy atom. The van der Waals surface area contributed by atoms with Crippen LogP contribution in [0.15, 0.2) is 24.3 Å². The van der Waals surface area contributed by atoms with E-state index in [4.69, 9.17) is 4.74 Å². The number of aryl methyl sites for hydroxylation is 1. The number of hydrogen-bond acceptors (Lipinski definition) is 3. The largest absolute Gasteiger partial charge is 0.494 e. The van der Waals surface area contributed by atoms with Crippen LogP contribution in [0.4, 0.5) is 0 Å². The van der Waals surface area contributed by atoms with Gasteiger partial charge >= 0.3 is 0 Å². The molecule has 0 saturated carbocycles. The van der Waals surface area contributed by atoms with Gasteiger partial charge in [-0.15, -0.1) is 0 Å². The van der Waals surface area contributed by atoms with Gasteiger partial charge in [0, 0.05) is 0 Å². The first-order chi connectivity index (χ1) is 9.09. The third kappa shape index (κ3) is 5.76. The number of rotatable bonds is 8. The summed E-state index contributed by atoms with van der Waals surface area (Å²) in [5.74, 6) is 0.894. The fraction of sp³-hybridized carbons (Fsp3) is 0.562. The Morgan fingerprint density at radius 3 is 2.58 bits per heavy atom. The van der Waals surface area contributed by atoms with Gasteiger partial charge in [0.05, 0.1) is 12.7 Å². The molecule has 0 radical (unpaired) electrons. The maximum absolute atomic E-state index is 9.21. The maximum Gasteiger partial charge on any atom is 0.119 e. The number of ether oxygens (including phenoxy) is 1. The molecule has 3 heteroatoms. The zero-order valence-corrected chi connectivity index (χ0v) is 12.2. The van der Waals surface area contributed by atoms with Crippen LogP contribution in [0.25, 0.3) is 0 Å². The quantitative estimate of drug-likeness (QED) is 0.728. The van der Waals surface area contributed by atoms with Crippen LogP contribution in [0.1, 0.15) is 38.7 Å². The van der Waals surface area contributed by atoms with Crippen LogP contribution >= 0.6 is 0 Å². The summed E-state index contributed by atoms with van der Waals surface area (Å²) in [6.07, 6.45) is 2.71. The molecule has 0 aromatic heterocycles. The summed E-state index contributed by atoms with van der Waals surface area (Å²) in [6, 6.07) is 10.4. The van der Waals surface area contributed by atoms with Crippen LogP contribution in [0.2, 0.25) is 0 Å². The molecule has 0 fully saturated rings. The number of hydrogen-bond donors (Lipinski definition) is 1. The van der Waals surface area contributed by atoms with Gasteiger partial charge in [-0.05, 0) is 51.8 Å². The SMILES string of the molecule is CCCNC(C)(C#N)CCCOc1ccc(C)cc1. The molecule has 104 valence electrons. The van der Waals surface area contributed by atoms with Crippen molar-refractivity contribution in [3.8, 4) is 11.8 Å². The minimum atomic E-state index is -0.438. The van der Waals surface area contributed by atoms with E-state index in [0.29, 0.717) is 6.61 Å². The summed E-state index contributed by atoms with van der Waals surface area (Å²) in [6.45, 7) is 7.64. The van der Waals surface area contributed by atoms with Crippen molar-refractivity contribution in [1.29, 1.82) is 5.26 Å². The van der Waals surface area contributed by atoms with Crippen molar-refractivity contribution in [3.05, 3.63) is 29.8 Å². The Bertz CT molecular complexity index is 408. The summed E-state index contributed by atoms with van der Waals surface area (Å²) in [7, 11) is 0. The highest BCUT2D eigenvalue weighted by Gasteiger charge is 2.21. The van der Waals surface area contributed by atoms with E-state index in [0.717, 1.165) is 31.6 Å². The predicted molar refractivity (Wildman–Crippen MR) is 78.2 cm³/mol. The Labute approximate surface area is 116 Å². The van der Waals surface area contributed by atoms with Gasteiger partial charge in [-0.2, -0.15) is 5.26 Å². The second-order valence-corrected chi connectivity index (χ2v) is 5.14. The molecule has 1 unspecified atom stereocenters. The summed E-state index contributed by atoms with van der Waals surface area (Å²) >= 11 is 0. The smallest absolute Gasteiger partial charge is 0.119 e. The Morgan fingerprint density at radius 2 is 2.00 bits per heavy atom. The standard InChI is InChI=1S/C16H24N2O/c1-4-11-18-16(3,13-17)10-5-12-19-15-8-6-14(2)7-9-15/h6-9,18H,4-5,10-12H2,1-3H3. The molecule has 1 aromatic carbocycles. The molecule has 0 heterocycles. The Balaban J connectivity index is 2.29. The molecule has 0 bridgehead atoms. The van der Waals surface area contributed by atoms with Gasteiger partial charge in [-0.1, -0.05) is 24.6 Å². The lowest BCUT2D eigenvalue weighted by atomic mass is 9.98. The predicted octanol–water partition coefficient (Wildman–Crippen LogP) is 3.44. The van der Waals surface area contributed by atoms with Gasteiger partial charge in [0.1, 0.15) is 11.3 Å². The van der Waals surface area contributed by atoms with E-state index < -0.39 is 5.54 Å². The van der Waals surface area contributed by atoms with Gasteiger partial charge in [0.2, 0.25) is 0 Å². The molecule has 19 heavy (non-hydrogen) atoms. The van der Waals surface area contributed by atoms with Gasteiger partial charge in [0.25, 0.3) is 0 Å². The first-order valence-corrected chi connectivity index (χ1v) is 6.95. The zero-order chi connectivity index (χ0) is 14.1. The minimum Gasteiger partial charge on any atom is -0.494 e. The van der Waals surface area contributed by atoms with Crippen LogP contribution in [-0.2, 0) is 0 Å². The van der Waals surface area contributed by atoms with E-state index in [1.165, 1.54) is 5.56 Å². The molecule has 1 N–H and O–H groups in total. The molecule has 0 aliphatic heterocycles. The van der Waals surface area contributed by atoms with E-state index in [1.807, 2.05) is 31.2 Å². The molecule has 0 aliphatic rings. The van der Waals surface area contributed by atoms with Crippen LogP contribution in [-0.4, -0.2) is 18.7 Å². The molecule has 0 aliphatic carbocycles. The fourth-order valence-corrected chi connectivity index (χ4v) is 1.83. The third-order valence-corrected chi connectivity index (χ3v) is 3.12. The average Bonchev–Trinajstić information content (AvgIpc) is 2.43. The highest BCUT2D eigenvalue weighted by atomic mass is 16.5. The van der Waals surface area contributed by atoms with Gasteiger partial charge in [-0.3, -0.25) is 5.32 Å². The molecule has 0 spiro atoms. The molecular formula is C16H24N2O. The monoisotopic (exact) mass is 260 g/mol. The second-order valence-electron chi connectivity index (χ2n) is 5.14. The molecule has 0 amide bonds. The molecule has 0 saturated heterocycles. The van der Waals surface area contributed by atoms with Crippen molar-refractivity contribution in [3.63, 3.8) is 0 Å². The molecule has 3 nitrogen and oxygen atoms in total. The minimum absolute atomic E-state index is 0.438. The van der Waals surface area contributed by atoms with Crippen molar-refractivity contribution in [1.82, 2.24) is 5.32 Å². The first-order valence-electron chi connectivity index (χ1n) is 6.95. The van der Waals surface area contributed by atoms with Crippen molar-refractivity contribution >= 4 is 0 Å². The summed E-state index contributed by atoms with van der Waals surface area (Å²) in [4.78, 5) is 0. The lowest BCUT2D eigenvalue weighted by molar-refractivity contribution is 0.285. The number of nitrogens with zero attached hydrogens (tertiary/aromatic N) is 1. The highest BCUT2D eigenvalue weighted by molar-refractivity contribution is 5.26. The fourth-order valence-electron chi connectivity index (χ4n) is 1.83. The first kappa shape index (κ1) is 15.5. The van der Waals surface area contributed by atoms with Gasteiger partial charge < -0.3 is 4.74 Å². The van der Waals surface area contributed by atoms with Gasteiger partial charge in [0.15, 0.2) is 0 Å². The molecule has 1 rings (SSSR count). The molecule has 1 aromatic rings. The summed E-state index contributed by atoms with van der Waals surface area (Å²) < 4.78 is 5.67.